The number of halogens is 2. The lowest BCUT2D eigenvalue weighted by molar-refractivity contribution is -0.140. The third-order valence-corrected chi connectivity index (χ3v) is 5.66. The summed E-state index contributed by atoms with van der Waals surface area (Å²) < 4.78 is 29.5. The lowest BCUT2D eigenvalue weighted by Crippen LogP contribution is -2.45. The predicted octanol–water partition coefficient (Wildman–Crippen LogP) is 3.26. The second-order valence-electron chi connectivity index (χ2n) is 8.65. The number of hydrogen-bond acceptors (Lipinski definition) is 7. The van der Waals surface area contributed by atoms with Crippen molar-refractivity contribution in [2.24, 2.45) is 0 Å². The third-order valence-electron chi connectivity index (χ3n) is 5.66. The van der Waals surface area contributed by atoms with Crippen LogP contribution in [0.25, 0.3) is 0 Å². The van der Waals surface area contributed by atoms with Gasteiger partial charge in [-0.2, -0.15) is 13.8 Å². The van der Waals surface area contributed by atoms with Gasteiger partial charge in [-0.3, -0.25) is 9.59 Å². The number of carbonyl (C=O) groups is 2. The highest BCUT2D eigenvalue weighted by molar-refractivity contribution is 6.02. The molecule has 3 aromatic rings. The quantitative estimate of drug-likeness (QED) is 0.520. The average molecular weight is 496 g/mol. The Kier molecular flexibility index (Phi) is 7.11. The van der Waals surface area contributed by atoms with E-state index in [1.165, 1.54) is 18.1 Å². The van der Waals surface area contributed by atoms with Crippen LogP contribution < -0.4 is 20.4 Å². The van der Waals surface area contributed by atoms with Gasteiger partial charge in [0.2, 0.25) is 5.95 Å². The number of para-hydroxylation sites is 1. The van der Waals surface area contributed by atoms with Crippen LogP contribution in [0.3, 0.4) is 0 Å². The number of likely N-dealkylation sites (N-methyl/N-ethyl adjacent to an activating group) is 1. The highest BCUT2D eigenvalue weighted by Crippen LogP contribution is 2.39. The van der Waals surface area contributed by atoms with E-state index in [1.807, 2.05) is 19.0 Å². The largest absolute Gasteiger partial charge is 0.351 e. The summed E-state index contributed by atoms with van der Waals surface area (Å²) in [6.07, 6.45) is 1.34. The summed E-state index contributed by atoms with van der Waals surface area (Å²) in [6, 6.07) is 15.3. The second-order valence-corrected chi connectivity index (χ2v) is 8.65. The Labute approximate surface area is 207 Å². The zero-order chi connectivity index (χ0) is 25.9. The molecular formula is C25H27F2N7O2. The molecule has 36 heavy (non-hydrogen) atoms. The van der Waals surface area contributed by atoms with Crippen LogP contribution in [0.5, 0.6) is 0 Å². The van der Waals surface area contributed by atoms with Crippen LogP contribution in [0, 0.1) is 0 Å². The predicted molar refractivity (Wildman–Crippen MR) is 134 cm³/mol. The molecule has 0 aliphatic carbocycles. The lowest BCUT2D eigenvalue weighted by atomic mass is 10.2. The molecule has 9 nitrogen and oxygen atoms in total. The number of hydrogen-bond donors (Lipinski definition) is 2. The molecule has 1 aromatic heterocycles. The summed E-state index contributed by atoms with van der Waals surface area (Å²) >= 11 is 0. The van der Waals surface area contributed by atoms with Gasteiger partial charge in [0.25, 0.3) is 11.8 Å². The number of aromatic nitrogens is 2. The van der Waals surface area contributed by atoms with Gasteiger partial charge >= 0.3 is 5.92 Å². The standard InChI is InChI=1S/C25H27F2N7O2/c1-32(2)14-13-28-22(35)17-9-11-18(12-10-17)30-24-29-15-20-21(31-24)34(19-7-5-4-6-8-19)16-25(26,27)23(36)33(20)3/h4-12,15H,13-14,16H2,1-3H3,(H,28,35)(H,29,30,31). The molecule has 0 fully saturated rings. The maximum atomic E-state index is 14.7. The van der Waals surface area contributed by atoms with Gasteiger partial charge in [0.05, 0.1) is 12.7 Å². The Morgan fingerprint density at radius 2 is 1.81 bits per heavy atom. The number of amides is 2. The molecule has 0 atom stereocenters. The van der Waals surface area contributed by atoms with E-state index in [4.69, 9.17) is 0 Å². The number of benzene rings is 2. The fourth-order valence-electron chi connectivity index (χ4n) is 3.71. The fourth-order valence-corrected chi connectivity index (χ4v) is 3.71. The molecule has 188 valence electrons. The van der Waals surface area contributed by atoms with Crippen LogP contribution in [0.2, 0.25) is 0 Å². The molecule has 0 unspecified atom stereocenters. The molecule has 2 heterocycles. The number of alkyl halides is 2. The van der Waals surface area contributed by atoms with E-state index in [2.05, 4.69) is 20.6 Å². The Hall–Kier alpha value is -4.12. The minimum absolute atomic E-state index is 0.156. The van der Waals surface area contributed by atoms with Gasteiger partial charge < -0.3 is 25.3 Å². The number of nitrogens with one attached hydrogen (secondary N) is 2. The SMILES string of the molecule is CN(C)CCNC(=O)c1ccc(Nc2ncc3c(n2)N(c2ccccc2)CC(F)(F)C(=O)N3C)cc1. The van der Waals surface area contributed by atoms with Crippen LogP contribution in [-0.2, 0) is 4.79 Å². The van der Waals surface area contributed by atoms with Gasteiger partial charge in [0.15, 0.2) is 5.82 Å². The smallest absolute Gasteiger partial charge is 0.342 e. The molecule has 0 spiro atoms. The normalized spacial score (nSPS) is 14.9. The van der Waals surface area contributed by atoms with E-state index in [0.717, 1.165) is 11.4 Å². The first kappa shape index (κ1) is 25.0. The van der Waals surface area contributed by atoms with Crippen LogP contribution in [0.15, 0.2) is 60.8 Å². The summed E-state index contributed by atoms with van der Waals surface area (Å²) in [6.45, 7) is 0.401. The van der Waals surface area contributed by atoms with Crippen molar-refractivity contribution >= 4 is 40.6 Å². The van der Waals surface area contributed by atoms with Gasteiger partial charge in [-0.15, -0.1) is 0 Å². The zero-order valence-electron chi connectivity index (χ0n) is 20.2. The van der Waals surface area contributed by atoms with E-state index < -0.39 is 18.4 Å². The molecule has 0 saturated carbocycles. The van der Waals surface area contributed by atoms with Crippen molar-refractivity contribution < 1.29 is 18.4 Å². The van der Waals surface area contributed by atoms with Gasteiger partial charge in [-0.1, -0.05) is 18.2 Å². The van der Waals surface area contributed by atoms with Crippen molar-refractivity contribution in [3.63, 3.8) is 0 Å². The minimum atomic E-state index is -3.62. The van der Waals surface area contributed by atoms with Crippen molar-refractivity contribution in [2.75, 3.05) is 55.9 Å². The Morgan fingerprint density at radius 1 is 1.11 bits per heavy atom. The molecule has 0 saturated heterocycles. The highest BCUT2D eigenvalue weighted by Gasteiger charge is 2.47. The fraction of sp³-hybridized carbons (Fsp3) is 0.280. The molecule has 2 amide bonds. The van der Waals surface area contributed by atoms with Gasteiger partial charge in [-0.25, -0.2) is 4.98 Å². The summed E-state index contributed by atoms with van der Waals surface area (Å²) in [5, 5.41) is 5.89. The van der Waals surface area contributed by atoms with Gasteiger partial charge in [0, 0.05) is 37.1 Å². The third kappa shape index (κ3) is 5.41. The Balaban J connectivity index is 1.59. The first-order chi connectivity index (χ1) is 17.2. The number of anilines is 5. The number of fused-ring (bicyclic) bond motifs is 1. The van der Waals surface area contributed by atoms with Crippen molar-refractivity contribution in [1.82, 2.24) is 20.2 Å². The highest BCUT2D eigenvalue weighted by atomic mass is 19.3. The molecule has 11 heteroatoms. The molecule has 0 radical (unpaired) electrons. The summed E-state index contributed by atoms with van der Waals surface area (Å²) in [5.74, 6) is -4.81. The van der Waals surface area contributed by atoms with Crippen LogP contribution >= 0.6 is 0 Å². The van der Waals surface area contributed by atoms with Crippen LogP contribution in [0.4, 0.5) is 37.6 Å². The molecule has 2 aromatic carbocycles. The summed E-state index contributed by atoms with van der Waals surface area (Å²) in [4.78, 5) is 37.6. The van der Waals surface area contributed by atoms with Gasteiger partial charge in [-0.05, 0) is 50.5 Å². The topological polar surface area (TPSA) is 93.7 Å². The zero-order valence-corrected chi connectivity index (χ0v) is 20.2. The molecule has 1 aliphatic rings. The van der Waals surface area contributed by atoms with E-state index in [1.54, 1.807) is 54.6 Å². The molecule has 0 bridgehead atoms. The van der Waals surface area contributed by atoms with Crippen LogP contribution in [-0.4, -0.2) is 73.4 Å². The average Bonchev–Trinajstić information content (AvgIpc) is 2.93. The van der Waals surface area contributed by atoms with Gasteiger partial charge in [0.1, 0.15) is 5.69 Å². The van der Waals surface area contributed by atoms with Crippen molar-refractivity contribution in [1.29, 1.82) is 0 Å². The Morgan fingerprint density at radius 3 is 2.47 bits per heavy atom. The maximum absolute atomic E-state index is 14.7. The molecule has 4 rings (SSSR count). The maximum Gasteiger partial charge on any atom is 0.342 e. The molecular weight excluding hydrogens is 468 g/mol. The number of carbonyl (C=O) groups excluding carboxylic acids is 2. The van der Waals surface area contributed by atoms with Crippen molar-refractivity contribution in [2.45, 2.75) is 5.92 Å². The minimum Gasteiger partial charge on any atom is -0.351 e. The van der Waals surface area contributed by atoms with E-state index in [0.29, 0.717) is 23.5 Å². The lowest BCUT2D eigenvalue weighted by Gasteiger charge is -2.25. The van der Waals surface area contributed by atoms with E-state index in [-0.39, 0.29) is 23.4 Å². The van der Waals surface area contributed by atoms with Crippen molar-refractivity contribution in [3.05, 3.63) is 66.4 Å². The first-order valence-electron chi connectivity index (χ1n) is 11.3. The van der Waals surface area contributed by atoms with E-state index in [9.17, 15) is 18.4 Å². The van der Waals surface area contributed by atoms with Crippen LogP contribution in [0.1, 0.15) is 10.4 Å². The number of nitrogens with zero attached hydrogens (tertiary/aromatic N) is 5. The molecule has 2 N–H and O–H groups in total. The Bertz CT molecular complexity index is 1240. The van der Waals surface area contributed by atoms with E-state index >= 15 is 0 Å². The number of rotatable bonds is 7. The first-order valence-corrected chi connectivity index (χ1v) is 11.3. The second kappa shape index (κ2) is 10.2. The summed E-state index contributed by atoms with van der Waals surface area (Å²) in [7, 11) is 5.14. The monoisotopic (exact) mass is 495 g/mol. The summed E-state index contributed by atoms with van der Waals surface area (Å²) in [5.41, 5.74) is 1.74. The van der Waals surface area contributed by atoms with Crippen molar-refractivity contribution in [3.8, 4) is 0 Å². The molecule has 1 aliphatic heterocycles.